The van der Waals surface area contributed by atoms with E-state index in [4.69, 9.17) is 9.47 Å². The minimum atomic E-state index is -0.174. The predicted molar refractivity (Wildman–Crippen MR) is 89.3 cm³/mol. The number of methoxy groups -OCH3 is 1. The zero-order valence-corrected chi connectivity index (χ0v) is 13.3. The molecule has 0 radical (unpaired) electrons. The summed E-state index contributed by atoms with van der Waals surface area (Å²) in [6.45, 7) is 2.80. The topological polar surface area (TPSA) is 60.5 Å². The number of nitrogens with zero attached hydrogens (tertiary/aromatic N) is 1. The van der Waals surface area contributed by atoms with Crippen LogP contribution in [0.25, 0.3) is 6.08 Å². The van der Waals surface area contributed by atoms with Crippen molar-refractivity contribution in [3.05, 3.63) is 59.8 Å². The summed E-state index contributed by atoms with van der Waals surface area (Å²) in [5.41, 5.74) is 1.78. The van der Waals surface area contributed by atoms with Crippen LogP contribution in [-0.4, -0.2) is 24.6 Å². The van der Waals surface area contributed by atoms with Gasteiger partial charge in [-0.3, -0.25) is 4.79 Å². The highest BCUT2D eigenvalue weighted by molar-refractivity contribution is 5.91. The molecule has 1 heterocycles. The number of ether oxygens (including phenoxy) is 2. The molecule has 1 aromatic heterocycles. The average molecular weight is 312 g/mol. The van der Waals surface area contributed by atoms with Gasteiger partial charge in [-0.05, 0) is 36.8 Å². The SMILES string of the molecule is CCOc1ncccc1CNC(=O)C=Cc1ccc(OC)cc1. The Morgan fingerprint density at radius 3 is 2.74 bits per heavy atom. The van der Waals surface area contributed by atoms with Gasteiger partial charge >= 0.3 is 0 Å². The normalized spacial score (nSPS) is 10.5. The molecule has 2 rings (SSSR count). The molecule has 0 saturated heterocycles. The number of aromatic nitrogens is 1. The first-order chi connectivity index (χ1) is 11.2. The highest BCUT2D eigenvalue weighted by atomic mass is 16.5. The lowest BCUT2D eigenvalue weighted by Crippen LogP contribution is -2.20. The molecule has 0 saturated carbocycles. The Morgan fingerprint density at radius 2 is 2.04 bits per heavy atom. The molecule has 0 aliphatic rings. The zero-order chi connectivity index (χ0) is 16.5. The van der Waals surface area contributed by atoms with Crippen molar-refractivity contribution in [2.45, 2.75) is 13.5 Å². The highest BCUT2D eigenvalue weighted by Crippen LogP contribution is 2.14. The van der Waals surface area contributed by atoms with Crippen LogP contribution in [0.2, 0.25) is 0 Å². The summed E-state index contributed by atoms with van der Waals surface area (Å²) in [4.78, 5) is 16.1. The molecular weight excluding hydrogens is 292 g/mol. The molecule has 120 valence electrons. The monoisotopic (exact) mass is 312 g/mol. The number of amides is 1. The minimum absolute atomic E-state index is 0.174. The predicted octanol–water partition coefficient (Wildman–Crippen LogP) is 2.82. The standard InChI is InChI=1S/C18H20N2O3/c1-3-23-18-15(5-4-12-19-18)13-20-17(21)11-8-14-6-9-16(22-2)10-7-14/h4-12H,3,13H2,1-2H3,(H,20,21). The van der Waals surface area contributed by atoms with Crippen molar-refractivity contribution in [1.29, 1.82) is 0 Å². The molecule has 2 aromatic rings. The summed E-state index contributed by atoms with van der Waals surface area (Å²) >= 11 is 0. The fraction of sp³-hybridized carbons (Fsp3) is 0.222. The van der Waals surface area contributed by atoms with Crippen LogP contribution < -0.4 is 14.8 Å². The number of carbonyl (C=O) groups excluding carboxylic acids is 1. The maximum absolute atomic E-state index is 11.9. The first-order valence-electron chi connectivity index (χ1n) is 7.39. The molecule has 23 heavy (non-hydrogen) atoms. The quantitative estimate of drug-likeness (QED) is 0.799. The highest BCUT2D eigenvalue weighted by Gasteiger charge is 2.04. The van der Waals surface area contributed by atoms with E-state index in [1.54, 1.807) is 19.4 Å². The van der Waals surface area contributed by atoms with Gasteiger partial charge in [0.2, 0.25) is 11.8 Å². The van der Waals surface area contributed by atoms with Gasteiger partial charge in [-0.15, -0.1) is 0 Å². The van der Waals surface area contributed by atoms with Crippen LogP contribution in [0.5, 0.6) is 11.6 Å². The van der Waals surface area contributed by atoms with Crippen molar-refractivity contribution >= 4 is 12.0 Å². The molecule has 0 atom stereocenters. The van der Waals surface area contributed by atoms with Crippen molar-refractivity contribution in [2.75, 3.05) is 13.7 Å². The molecule has 1 amide bonds. The van der Waals surface area contributed by atoms with E-state index in [9.17, 15) is 4.79 Å². The van der Waals surface area contributed by atoms with Gasteiger partial charge in [-0.2, -0.15) is 0 Å². The van der Waals surface area contributed by atoms with Crippen LogP contribution in [0.4, 0.5) is 0 Å². The Hall–Kier alpha value is -2.82. The number of rotatable bonds is 7. The number of nitrogens with one attached hydrogen (secondary N) is 1. The fourth-order valence-electron chi connectivity index (χ4n) is 1.95. The van der Waals surface area contributed by atoms with E-state index < -0.39 is 0 Å². The van der Waals surface area contributed by atoms with Crippen LogP contribution in [0, 0.1) is 0 Å². The number of hydrogen-bond donors (Lipinski definition) is 1. The van der Waals surface area contributed by atoms with E-state index in [0.29, 0.717) is 19.0 Å². The van der Waals surface area contributed by atoms with E-state index in [1.807, 2.05) is 43.3 Å². The minimum Gasteiger partial charge on any atom is -0.497 e. The summed E-state index contributed by atoms with van der Waals surface area (Å²) < 4.78 is 10.5. The second-order valence-electron chi connectivity index (χ2n) is 4.72. The molecule has 5 nitrogen and oxygen atoms in total. The Morgan fingerprint density at radius 1 is 1.26 bits per heavy atom. The van der Waals surface area contributed by atoms with Gasteiger partial charge in [0.1, 0.15) is 5.75 Å². The molecule has 0 bridgehead atoms. The maximum atomic E-state index is 11.9. The van der Waals surface area contributed by atoms with Gasteiger partial charge in [0.15, 0.2) is 0 Å². The summed E-state index contributed by atoms with van der Waals surface area (Å²) in [6, 6.07) is 11.2. The van der Waals surface area contributed by atoms with E-state index in [2.05, 4.69) is 10.3 Å². The Balaban J connectivity index is 1.90. The second-order valence-corrected chi connectivity index (χ2v) is 4.72. The van der Waals surface area contributed by atoms with Gasteiger partial charge in [0.25, 0.3) is 0 Å². The second kappa shape index (κ2) is 8.58. The molecule has 0 unspecified atom stereocenters. The van der Waals surface area contributed by atoms with Gasteiger partial charge in [-0.25, -0.2) is 4.98 Å². The number of hydrogen-bond acceptors (Lipinski definition) is 4. The Bertz CT molecular complexity index is 666. The average Bonchev–Trinajstić information content (AvgIpc) is 2.60. The first kappa shape index (κ1) is 16.5. The number of carbonyl (C=O) groups is 1. The van der Waals surface area contributed by atoms with Crippen molar-refractivity contribution in [2.24, 2.45) is 0 Å². The van der Waals surface area contributed by atoms with Crippen LogP contribution in [0.3, 0.4) is 0 Å². The van der Waals surface area contributed by atoms with Crippen LogP contribution >= 0.6 is 0 Å². The molecule has 0 fully saturated rings. The van der Waals surface area contributed by atoms with E-state index >= 15 is 0 Å². The molecule has 1 N–H and O–H groups in total. The molecule has 0 aliphatic heterocycles. The summed E-state index contributed by atoms with van der Waals surface area (Å²) in [7, 11) is 1.62. The van der Waals surface area contributed by atoms with Gasteiger partial charge in [0, 0.05) is 24.4 Å². The molecule has 0 spiro atoms. The van der Waals surface area contributed by atoms with Crippen molar-refractivity contribution in [3.63, 3.8) is 0 Å². The lowest BCUT2D eigenvalue weighted by atomic mass is 10.2. The van der Waals surface area contributed by atoms with Crippen molar-refractivity contribution in [3.8, 4) is 11.6 Å². The van der Waals surface area contributed by atoms with Gasteiger partial charge in [0.05, 0.1) is 13.7 Å². The molecule has 1 aromatic carbocycles. The van der Waals surface area contributed by atoms with E-state index in [-0.39, 0.29) is 5.91 Å². The lowest BCUT2D eigenvalue weighted by molar-refractivity contribution is -0.116. The Kier molecular flexibility index (Phi) is 6.17. The zero-order valence-electron chi connectivity index (χ0n) is 13.3. The van der Waals surface area contributed by atoms with Crippen LogP contribution in [-0.2, 0) is 11.3 Å². The number of pyridine rings is 1. The smallest absolute Gasteiger partial charge is 0.244 e. The third-order valence-electron chi connectivity index (χ3n) is 3.13. The lowest BCUT2D eigenvalue weighted by Gasteiger charge is -2.08. The summed E-state index contributed by atoms with van der Waals surface area (Å²) in [5, 5.41) is 2.82. The third-order valence-corrected chi connectivity index (χ3v) is 3.13. The fourth-order valence-corrected chi connectivity index (χ4v) is 1.95. The number of benzene rings is 1. The molecule has 0 aliphatic carbocycles. The van der Waals surface area contributed by atoms with Crippen LogP contribution in [0.15, 0.2) is 48.7 Å². The van der Waals surface area contributed by atoms with E-state index in [1.165, 1.54) is 6.08 Å². The first-order valence-corrected chi connectivity index (χ1v) is 7.39. The Labute approximate surface area is 136 Å². The van der Waals surface area contributed by atoms with Crippen molar-refractivity contribution < 1.29 is 14.3 Å². The van der Waals surface area contributed by atoms with Gasteiger partial charge < -0.3 is 14.8 Å². The third kappa shape index (κ3) is 5.14. The molecular formula is C18H20N2O3. The maximum Gasteiger partial charge on any atom is 0.244 e. The summed E-state index contributed by atoms with van der Waals surface area (Å²) in [6.07, 6.45) is 4.92. The van der Waals surface area contributed by atoms with Gasteiger partial charge in [-0.1, -0.05) is 18.2 Å². The van der Waals surface area contributed by atoms with Crippen LogP contribution in [0.1, 0.15) is 18.1 Å². The summed E-state index contributed by atoms with van der Waals surface area (Å²) in [5.74, 6) is 1.16. The molecule has 5 heteroatoms. The largest absolute Gasteiger partial charge is 0.497 e. The van der Waals surface area contributed by atoms with E-state index in [0.717, 1.165) is 16.9 Å². The van der Waals surface area contributed by atoms with Crippen molar-refractivity contribution in [1.82, 2.24) is 10.3 Å².